The number of rotatable bonds is 6. The Balaban J connectivity index is 1.67. The number of piperidine rings is 1. The molecule has 8 nitrogen and oxygen atoms in total. The number of nitrogens with one attached hydrogen (secondary N) is 3. The number of allylic oxidation sites excluding steroid dienone is 1. The van der Waals surface area contributed by atoms with Crippen molar-refractivity contribution in [3.8, 4) is 0 Å². The number of carbonyl (C=O) groups excluding carboxylic acids is 1. The van der Waals surface area contributed by atoms with Crippen LogP contribution < -0.4 is 16.0 Å². The highest BCUT2D eigenvalue weighted by Gasteiger charge is 2.32. The quantitative estimate of drug-likeness (QED) is 0.334. The van der Waals surface area contributed by atoms with E-state index in [4.69, 9.17) is 34.8 Å². The molecule has 0 aromatic heterocycles. The van der Waals surface area contributed by atoms with E-state index in [2.05, 4.69) is 32.7 Å². The van der Waals surface area contributed by atoms with Crippen LogP contribution in [-0.4, -0.2) is 66.4 Å². The molecule has 0 spiro atoms. The van der Waals surface area contributed by atoms with E-state index in [1.165, 1.54) is 0 Å². The van der Waals surface area contributed by atoms with Gasteiger partial charge in [-0.2, -0.15) is 4.99 Å². The molecule has 186 valence electrons. The molecule has 0 aliphatic carbocycles. The number of aliphatic imine (C=N–C) groups is 2. The Hall–Kier alpha value is -1.84. The van der Waals surface area contributed by atoms with Gasteiger partial charge in [0.25, 0.3) is 0 Å². The summed E-state index contributed by atoms with van der Waals surface area (Å²) in [6.07, 6.45) is 1.58. The predicted octanol–water partition coefficient (Wildman–Crippen LogP) is 3.43. The summed E-state index contributed by atoms with van der Waals surface area (Å²) in [7, 11) is 0. The first-order valence-corrected chi connectivity index (χ1v) is 12.4. The molecule has 1 aromatic rings. The van der Waals surface area contributed by atoms with Gasteiger partial charge in [0, 0.05) is 23.1 Å². The molecule has 2 aliphatic rings. The van der Waals surface area contributed by atoms with Gasteiger partial charge in [0.2, 0.25) is 11.9 Å². The van der Waals surface area contributed by atoms with Gasteiger partial charge >= 0.3 is 0 Å². The molecule has 2 fully saturated rings. The molecule has 1 aromatic carbocycles. The van der Waals surface area contributed by atoms with Crippen molar-refractivity contribution in [2.24, 2.45) is 9.98 Å². The molecule has 2 saturated heterocycles. The van der Waals surface area contributed by atoms with Gasteiger partial charge in [0.15, 0.2) is 0 Å². The molecule has 4 atom stereocenters. The van der Waals surface area contributed by atoms with Crippen LogP contribution in [-0.2, 0) is 4.79 Å². The number of hydrogen-bond acceptors (Lipinski definition) is 5. The monoisotopic (exact) mass is 528 g/mol. The van der Waals surface area contributed by atoms with E-state index in [1.807, 2.05) is 17.9 Å². The van der Waals surface area contributed by atoms with Crippen molar-refractivity contribution in [3.63, 3.8) is 0 Å². The lowest BCUT2D eigenvalue weighted by molar-refractivity contribution is -0.124. The molecular weight excluding hydrogens is 499 g/mol. The summed E-state index contributed by atoms with van der Waals surface area (Å²) in [6.45, 7) is 8.95. The molecule has 2 heterocycles. The second-order valence-corrected chi connectivity index (χ2v) is 9.96. The highest BCUT2D eigenvalue weighted by atomic mass is 35.5. The summed E-state index contributed by atoms with van der Waals surface area (Å²) < 4.78 is 0. The Morgan fingerprint density at radius 1 is 1.35 bits per heavy atom. The number of amides is 1. The maximum atomic E-state index is 12.4. The minimum absolute atomic E-state index is 0.0623. The predicted molar refractivity (Wildman–Crippen MR) is 139 cm³/mol. The average molecular weight is 530 g/mol. The lowest BCUT2D eigenvalue weighted by Crippen LogP contribution is -2.57. The van der Waals surface area contributed by atoms with Crippen molar-refractivity contribution in [1.82, 2.24) is 20.9 Å². The lowest BCUT2D eigenvalue weighted by atomic mass is 10.0. The van der Waals surface area contributed by atoms with Crippen molar-refractivity contribution in [3.05, 3.63) is 44.7 Å². The fourth-order valence-corrected chi connectivity index (χ4v) is 4.79. The summed E-state index contributed by atoms with van der Waals surface area (Å²) in [6, 6.07) is 4.58. The van der Waals surface area contributed by atoms with E-state index in [1.54, 1.807) is 19.1 Å². The van der Waals surface area contributed by atoms with Crippen molar-refractivity contribution in [1.29, 1.82) is 0 Å². The molecule has 11 heteroatoms. The topological polar surface area (TPSA) is 101 Å². The number of aliphatic hydroxyl groups excluding tert-OH is 1. The minimum atomic E-state index is -0.768. The van der Waals surface area contributed by atoms with E-state index >= 15 is 0 Å². The first-order chi connectivity index (χ1) is 16.2. The number of likely N-dealkylation sites (tertiary alicyclic amines) is 1. The van der Waals surface area contributed by atoms with Crippen molar-refractivity contribution < 1.29 is 9.90 Å². The van der Waals surface area contributed by atoms with Gasteiger partial charge in [-0.05, 0) is 64.1 Å². The average Bonchev–Trinajstić information content (AvgIpc) is 3.33. The Labute approximate surface area is 215 Å². The van der Waals surface area contributed by atoms with Crippen LogP contribution in [0.15, 0.2) is 39.0 Å². The third-order valence-corrected chi connectivity index (χ3v) is 6.77. The molecule has 0 unspecified atom stereocenters. The van der Waals surface area contributed by atoms with Crippen LogP contribution in [0.5, 0.6) is 0 Å². The molecule has 3 rings (SSSR count). The van der Waals surface area contributed by atoms with Crippen molar-refractivity contribution in [2.75, 3.05) is 19.6 Å². The zero-order valence-corrected chi connectivity index (χ0v) is 21.6. The highest BCUT2D eigenvalue weighted by Crippen LogP contribution is 2.27. The SMILES string of the molecule is C=NC(=N/C(N[C@H](C)c1ccc(Cl)cc1Cl)=C(\C)Cl)N1CC[C@H](NC(=O)[C@H]2CCCN2)[C@H](O)C1. The first kappa shape index (κ1) is 26.8. The van der Waals surface area contributed by atoms with Gasteiger partial charge in [-0.25, -0.2) is 4.99 Å². The first-order valence-electron chi connectivity index (χ1n) is 11.3. The van der Waals surface area contributed by atoms with Crippen LogP contribution in [0.1, 0.15) is 44.7 Å². The van der Waals surface area contributed by atoms with E-state index in [0.29, 0.717) is 39.8 Å². The van der Waals surface area contributed by atoms with Crippen molar-refractivity contribution >= 4 is 53.4 Å². The summed E-state index contributed by atoms with van der Waals surface area (Å²) >= 11 is 18.7. The van der Waals surface area contributed by atoms with Crippen LogP contribution in [0, 0.1) is 0 Å². The molecule has 0 radical (unpaired) electrons. The maximum Gasteiger partial charge on any atom is 0.237 e. The Morgan fingerprint density at radius 3 is 2.71 bits per heavy atom. The van der Waals surface area contributed by atoms with Gasteiger partial charge < -0.3 is 26.0 Å². The molecule has 4 N–H and O–H groups in total. The van der Waals surface area contributed by atoms with E-state index in [9.17, 15) is 9.90 Å². The fourth-order valence-electron chi connectivity index (χ4n) is 4.12. The summed E-state index contributed by atoms with van der Waals surface area (Å²) in [5, 5.41) is 21.6. The number of benzene rings is 1. The van der Waals surface area contributed by atoms with Crippen LogP contribution in [0.25, 0.3) is 0 Å². The van der Waals surface area contributed by atoms with Crippen molar-refractivity contribution in [2.45, 2.75) is 57.3 Å². The number of hydrogen-bond donors (Lipinski definition) is 4. The maximum absolute atomic E-state index is 12.4. The second-order valence-electron chi connectivity index (χ2n) is 8.55. The standard InChI is InChI=1S/C23H31Cl3N6O2/c1-13(24)21(29-14(2)16-7-6-15(25)11-17(16)26)31-23(27-3)32-10-8-18(20(33)12-32)30-22(34)19-5-4-9-28-19/h6-7,11,14,18-20,28-29,33H,3-5,8-10,12H2,1-2H3,(H,30,34)/b21-13+,31-23?/t14-,18+,19-,20-/m1/s1. The Morgan fingerprint density at radius 2 is 2.12 bits per heavy atom. The summed E-state index contributed by atoms with van der Waals surface area (Å²) in [5.74, 6) is 0.686. The molecule has 1 amide bonds. The molecule has 34 heavy (non-hydrogen) atoms. The number of nitrogens with zero attached hydrogens (tertiary/aromatic N) is 3. The number of guanidine groups is 1. The highest BCUT2D eigenvalue weighted by molar-refractivity contribution is 6.35. The Bertz CT molecular complexity index is 960. The fraction of sp³-hybridized carbons (Fsp3) is 0.522. The Kier molecular flexibility index (Phi) is 9.62. The second kappa shape index (κ2) is 12.2. The van der Waals surface area contributed by atoms with E-state index in [0.717, 1.165) is 24.9 Å². The third kappa shape index (κ3) is 6.86. The molecule has 0 saturated carbocycles. The van der Waals surface area contributed by atoms with Crippen LogP contribution in [0.3, 0.4) is 0 Å². The van der Waals surface area contributed by atoms with Crippen LogP contribution in [0.2, 0.25) is 10.0 Å². The van der Waals surface area contributed by atoms with Gasteiger partial charge in [-0.15, -0.1) is 0 Å². The van der Waals surface area contributed by atoms with E-state index < -0.39 is 6.10 Å². The summed E-state index contributed by atoms with van der Waals surface area (Å²) in [4.78, 5) is 22.9. The van der Waals surface area contributed by atoms with Gasteiger partial charge in [-0.1, -0.05) is 40.9 Å². The van der Waals surface area contributed by atoms with Gasteiger partial charge in [0.05, 0.1) is 29.3 Å². The van der Waals surface area contributed by atoms with Crippen LogP contribution in [0.4, 0.5) is 0 Å². The molecule has 2 aliphatic heterocycles. The molecular formula is C23H31Cl3N6O2. The minimum Gasteiger partial charge on any atom is -0.389 e. The smallest absolute Gasteiger partial charge is 0.237 e. The number of halogens is 3. The number of β-amino-alcohol motifs (C(OH)–C–C–N with tert-alkyl or cyclic N) is 1. The molecule has 0 bridgehead atoms. The lowest BCUT2D eigenvalue weighted by Gasteiger charge is -2.37. The number of aliphatic hydroxyl groups is 1. The zero-order chi connectivity index (χ0) is 24.8. The van der Waals surface area contributed by atoms with Crippen LogP contribution >= 0.6 is 34.8 Å². The largest absolute Gasteiger partial charge is 0.389 e. The normalized spacial score (nSPS) is 24.9. The zero-order valence-electron chi connectivity index (χ0n) is 19.3. The number of carbonyl (C=O) groups is 1. The van der Waals surface area contributed by atoms with Gasteiger partial charge in [0.1, 0.15) is 5.82 Å². The van der Waals surface area contributed by atoms with E-state index in [-0.39, 0.29) is 30.6 Å². The van der Waals surface area contributed by atoms with Gasteiger partial charge in [-0.3, -0.25) is 4.79 Å². The third-order valence-electron chi connectivity index (χ3n) is 6.03. The summed E-state index contributed by atoms with van der Waals surface area (Å²) in [5.41, 5.74) is 0.841.